The fraction of sp³-hybridized carbons (Fsp3) is 0.588. The SMILES string of the molecule is C[C@@H]1CCCN(C(=O)CC[C@H](N)c2ccccc2)[C@@H]1C. The second-order valence-electron chi connectivity index (χ2n) is 6.00. The van der Waals surface area contributed by atoms with Crippen LogP contribution in [0.15, 0.2) is 30.3 Å². The molecule has 0 spiro atoms. The van der Waals surface area contributed by atoms with E-state index in [1.165, 1.54) is 6.42 Å². The molecule has 1 fully saturated rings. The standard InChI is InChI=1S/C17H26N2O/c1-13-7-6-12-19(14(13)2)17(20)11-10-16(18)15-8-4-3-5-9-15/h3-5,8-9,13-14,16H,6-7,10-12,18H2,1-2H3/t13-,14-,16+/m1/s1. The van der Waals surface area contributed by atoms with E-state index in [1.54, 1.807) is 0 Å². The Morgan fingerprint density at radius 2 is 2.05 bits per heavy atom. The summed E-state index contributed by atoms with van der Waals surface area (Å²) in [4.78, 5) is 14.4. The van der Waals surface area contributed by atoms with Crippen molar-refractivity contribution in [3.63, 3.8) is 0 Å². The van der Waals surface area contributed by atoms with E-state index >= 15 is 0 Å². The molecular weight excluding hydrogens is 248 g/mol. The summed E-state index contributed by atoms with van der Waals surface area (Å²) in [5.41, 5.74) is 7.28. The van der Waals surface area contributed by atoms with Crippen molar-refractivity contribution in [3.05, 3.63) is 35.9 Å². The maximum absolute atomic E-state index is 12.4. The van der Waals surface area contributed by atoms with Gasteiger partial charge in [-0.15, -0.1) is 0 Å². The van der Waals surface area contributed by atoms with Gasteiger partial charge in [0.25, 0.3) is 0 Å². The monoisotopic (exact) mass is 274 g/mol. The molecule has 2 N–H and O–H groups in total. The first-order valence-electron chi connectivity index (χ1n) is 7.69. The van der Waals surface area contributed by atoms with E-state index in [2.05, 4.69) is 13.8 Å². The van der Waals surface area contributed by atoms with Crippen LogP contribution in [0.5, 0.6) is 0 Å². The van der Waals surface area contributed by atoms with Crippen molar-refractivity contribution in [2.75, 3.05) is 6.54 Å². The van der Waals surface area contributed by atoms with E-state index in [-0.39, 0.29) is 11.9 Å². The fourth-order valence-electron chi connectivity index (χ4n) is 2.98. The van der Waals surface area contributed by atoms with Crippen LogP contribution in [-0.4, -0.2) is 23.4 Å². The predicted octanol–water partition coefficient (Wildman–Crippen LogP) is 3.11. The van der Waals surface area contributed by atoms with Crippen LogP contribution < -0.4 is 5.73 Å². The molecule has 0 saturated carbocycles. The van der Waals surface area contributed by atoms with Crippen molar-refractivity contribution in [3.8, 4) is 0 Å². The van der Waals surface area contributed by atoms with Crippen molar-refractivity contribution in [2.45, 2.75) is 51.6 Å². The zero-order valence-electron chi connectivity index (χ0n) is 12.6. The molecule has 1 saturated heterocycles. The van der Waals surface area contributed by atoms with Gasteiger partial charge in [-0.25, -0.2) is 0 Å². The summed E-state index contributed by atoms with van der Waals surface area (Å²) >= 11 is 0. The van der Waals surface area contributed by atoms with E-state index in [9.17, 15) is 4.79 Å². The first kappa shape index (κ1) is 15.0. The van der Waals surface area contributed by atoms with Crippen LogP contribution in [0.3, 0.4) is 0 Å². The molecule has 1 heterocycles. The number of likely N-dealkylation sites (tertiary alicyclic amines) is 1. The lowest BCUT2D eigenvalue weighted by atomic mass is 9.91. The molecule has 3 heteroatoms. The van der Waals surface area contributed by atoms with Gasteiger partial charge in [0, 0.05) is 25.0 Å². The van der Waals surface area contributed by atoms with Gasteiger partial charge in [0.15, 0.2) is 0 Å². The Hall–Kier alpha value is -1.35. The van der Waals surface area contributed by atoms with E-state index in [4.69, 9.17) is 5.73 Å². The van der Waals surface area contributed by atoms with Gasteiger partial charge in [0.1, 0.15) is 0 Å². The van der Waals surface area contributed by atoms with Crippen LogP contribution in [0.25, 0.3) is 0 Å². The lowest BCUT2D eigenvalue weighted by molar-refractivity contribution is -0.135. The molecule has 1 aromatic rings. The predicted molar refractivity (Wildman–Crippen MR) is 82.2 cm³/mol. The van der Waals surface area contributed by atoms with Gasteiger partial charge in [0.2, 0.25) is 5.91 Å². The lowest BCUT2D eigenvalue weighted by Crippen LogP contribution is -2.46. The molecule has 2 rings (SSSR count). The maximum Gasteiger partial charge on any atom is 0.222 e. The topological polar surface area (TPSA) is 46.3 Å². The van der Waals surface area contributed by atoms with Gasteiger partial charge in [-0.05, 0) is 37.7 Å². The molecule has 3 nitrogen and oxygen atoms in total. The van der Waals surface area contributed by atoms with E-state index in [1.807, 2.05) is 35.2 Å². The minimum absolute atomic E-state index is 0.0438. The zero-order valence-corrected chi connectivity index (χ0v) is 12.6. The van der Waals surface area contributed by atoms with Crippen molar-refractivity contribution in [1.29, 1.82) is 0 Å². The molecule has 1 amide bonds. The number of hydrogen-bond donors (Lipinski definition) is 1. The van der Waals surface area contributed by atoms with Crippen LogP contribution in [0, 0.1) is 5.92 Å². The highest BCUT2D eigenvalue weighted by atomic mass is 16.2. The largest absolute Gasteiger partial charge is 0.340 e. The van der Waals surface area contributed by atoms with Gasteiger partial charge in [-0.1, -0.05) is 37.3 Å². The molecule has 20 heavy (non-hydrogen) atoms. The molecule has 0 unspecified atom stereocenters. The number of amides is 1. The second kappa shape index (κ2) is 6.89. The summed E-state index contributed by atoms with van der Waals surface area (Å²) in [6.07, 6.45) is 3.63. The minimum Gasteiger partial charge on any atom is -0.340 e. The average Bonchev–Trinajstić information content (AvgIpc) is 2.48. The second-order valence-corrected chi connectivity index (χ2v) is 6.00. The molecule has 1 aliphatic rings. The number of nitrogens with zero attached hydrogens (tertiary/aromatic N) is 1. The van der Waals surface area contributed by atoms with Crippen molar-refractivity contribution >= 4 is 5.91 Å². The highest BCUT2D eigenvalue weighted by Gasteiger charge is 2.28. The molecule has 110 valence electrons. The Morgan fingerprint density at radius 1 is 1.35 bits per heavy atom. The smallest absolute Gasteiger partial charge is 0.222 e. The van der Waals surface area contributed by atoms with E-state index in [0.29, 0.717) is 18.4 Å². The van der Waals surface area contributed by atoms with E-state index < -0.39 is 0 Å². The summed E-state index contributed by atoms with van der Waals surface area (Å²) in [6.45, 7) is 5.31. The molecule has 1 aromatic carbocycles. The number of carbonyl (C=O) groups is 1. The van der Waals surface area contributed by atoms with E-state index in [0.717, 1.165) is 24.9 Å². The molecule has 0 radical (unpaired) electrons. The summed E-state index contributed by atoms with van der Waals surface area (Å²) in [5.74, 6) is 0.867. The number of carbonyl (C=O) groups excluding carboxylic acids is 1. The number of rotatable bonds is 4. The molecule has 0 aromatic heterocycles. The van der Waals surface area contributed by atoms with Gasteiger partial charge in [0.05, 0.1) is 0 Å². The normalized spacial score (nSPS) is 24.4. The first-order valence-corrected chi connectivity index (χ1v) is 7.69. The van der Waals surface area contributed by atoms with Crippen LogP contribution in [0.4, 0.5) is 0 Å². The van der Waals surface area contributed by atoms with Crippen LogP contribution in [0.1, 0.15) is 51.1 Å². The highest BCUT2D eigenvalue weighted by molar-refractivity contribution is 5.76. The first-order chi connectivity index (χ1) is 9.59. The quantitative estimate of drug-likeness (QED) is 0.917. The van der Waals surface area contributed by atoms with Crippen molar-refractivity contribution in [1.82, 2.24) is 4.90 Å². The van der Waals surface area contributed by atoms with Crippen molar-refractivity contribution in [2.24, 2.45) is 11.7 Å². The Morgan fingerprint density at radius 3 is 2.75 bits per heavy atom. The molecule has 3 atom stereocenters. The third-order valence-corrected chi connectivity index (χ3v) is 4.59. The Balaban J connectivity index is 1.86. The van der Waals surface area contributed by atoms with Crippen LogP contribution in [0.2, 0.25) is 0 Å². The van der Waals surface area contributed by atoms with Crippen LogP contribution >= 0.6 is 0 Å². The van der Waals surface area contributed by atoms with Crippen LogP contribution in [-0.2, 0) is 4.79 Å². The van der Waals surface area contributed by atoms with Crippen molar-refractivity contribution < 1.29 is 4.79 Å². The summed E-state index contributed by atoms with van der Waals surface area (Å²) < 4.78 is 0. The third-order valence-electron chi connectivity index (χ3n) is 4.59. The number of piperidine rings is 1. The average molecular weight is 274 g/mol. The van der Waals surface area contributed by atoms with Gasteiger partial charge >= 0.3 is 0 Å². The maximum atomic E-state index is 12.4. The molecule has 1 aliphatic heterocycles. The minimum atomic E-state index is -0.0438. The third kappa shape index (κ3) is 3.60. The summed E-state index contributed by atoms with van der Waals surface area (Å²) in [6, 6.07) is 10.3. The Labute approximate surface area is 122 Å². The van der Waals surface area contributed by atoms with Gasteiger partial charge < -0.3 is 10.6 Å². The Bertz CT molecular complexity index is 432. The lowest BCUT2D eigenvalue weighted by Gasteiger charge is -2.38. The number of nitrogens with two attached hydrogens (primary N) is 1. The highest BCUT2D eigenvalue weighted by Crippen LogP contribution is 2.24. The molecule has 0 bridgehead atoms. The Kier molecular flexibility index (Phi) is 5.18. The van der Waals surface area contributed by atoms with Gasteiger partial charge in [-0.2, -0.15) is 0 Å². The molecule has 0 aliphatic carbocycles. The number of hydrogen-bond acceptors (Lipinski definition) is 2. The summed E-state index contributed by atoms with van der Waals surface area (Å²) in [7, 11) is 0. The van der Waals surface area contributed by atoms with Gasteiger partial charge in [-0.3, -0.25) is 4.79 Å². The zero-order chi connectivity index (χ0) is 14.5. The summed E-state index contributed by atoms with van der Waals surface area (Å²) in [5, 5.41) is 0. The fourth-order valence-corrected chi connectivity index (χ4v) is 2.98. The molecular formula is C17H26N2O. The number of benzene rings is 1.